The van der Waals surface area contributed by atoms with E-state index in [1.54, 1.807) is 18.2 Å². The third-order valence-corrected chi connectivity index (χ3v) is 4.64. The second-order valence-electron chi connectivity index (χ2n) is 5.76. The van der Waals surface area contributed by atoms with Crippen LogP contribution in [0.1, 0.15) is 5.56 Å². The monoisotopic (exact) mass is 365 g/mol. The summed E-state index contributed by atoms with van der Waals surface area (Å²) in [5.41, 5.74) is 3.90. The normalized spacial score (nSPS) is 10.9. The quantitative estimate of drug-likeness (QED) is 0.484. The smallest absolute Gasteiger partial charge is 0.313 e. The maximum Gasteiger partial charge on any atom is 0.313 e. The minimum atomic E-state index is -0.718. The molecule has 0 fully saturated rings. The summed E-state index contributed by atoms with van der Waals surface area (Å²) >= 11 is 1.06. The molecule has 0 aliphatic heterocycles. The number of carbonyl (C=O) groups is 2. The predicted molar refractivity (Wildman–Crippen MR) is 101 cm³/mol. The van der Waals surface area contributed by atoms with E-state index >= 15 is 0 Å². The fourth-order valence-electron chi connectivity index (χ4n) is 2.82. The summed E-state index contributed by atoms with van der Waals surface area (Å²) in [6, 6.07) is 13.2. The van der Waals surface area contributed by atoms with Gasteiger partial charge >= 0.3 is 11.8 Å². The molecule has 0 aliphatic carbocycles. The summed E-state index contributed by atoms with van der Waals surface area (Å²) in [6.07, 6.45) is 2.56. The van der Waals surface area contributed by atoms with Gasteiger partial charge in [-0.2, -0.15) is 8.75 Å². The first-order valence-corrected chi connectivity index (χ1v) is 8.81. The van der Waals surface area contributed by atoms with E-state index in [0.717, 1.165) is 28.2 Å². The van der Waals surface area contributed by atoms with Gasteiger partial charge in [-0.1, -0.05) is 24.3 Å². The molecule has 4 rings (SSSR count). The molecule has 0 atom stereocenters. The fourth-order valence-corrected chi connectivity index (χ4v) is 3.37. The first kappa shape index (κ1) is 16.2. The zero-order valence-corrected chi connectivity index (χ0v) is 14.5. The van der Waals surface area contributed by atoms with Crippen molar-refractivity contribution in [3.63, 3.8) is 0 Å². The molecule has 2 aromatic heterocycles. The van der Waals surface area contributed by atoms with Gasteiger partial charge in [0.2, 0.25) is 0 Å². The largest absolute Gasteiger partial charge is 0.361 e. The number of aromatic nitrogens is 3. The van der Waals surface area contributed by atoms with Crippen LogP contribution in [0.4, 0.5) is 5.69 Å². The molecule has 0 aliphatic rings. The molecule has 26 heavy (non-hydrogen) atoms. The van der Waals surface area contributed by atoms with Crippen molar-refractivity contribution < 1.29 is 9.59 Å². The molecule has 7 nitrogen and oxygen atoms in total. The van der Waals surface area contributed by atoms with Gasteiger partial charge in [0.25, 0.3) is 0 Å². The molecule has 0 spiro atoms. The highest BCUT2D eigenvalue weighted by Gasteiger charge is 2.15. The average molecular weight is 365 g/mol. The van der Waals surface area contributed by atoms with Crippen LogP contribution in [0.3, 0.4) is 0 Å². The van der Waals surface area contributed by atoms with E-state index in [0.29, 0.717) is 29.7 Å². The Hall–Kier alpha value is -3.26. The van der Waals surface area contributed by atoms with E-state index < -0.39 is 11.8 Å². The van der Waals surface area contributed by atoms with Crippen LogP contribution in [0.2, 0.25) is 0 Å². The molecule has 2 aromatic carbocycles. The predicted octanol–water partition coefficient (Wildman–Crippen LogP) is 2.47. The number of rotatable bonds is 4. The number of benzene rings is 2. The van der Waals surface area contributed by atoms with Crippen molar-refractivity contribution in [1.82, 2.24) is 19.0 Å². The first-order chi connectivity index (χ1) is 12.7. The Morgan fingerprint density at radius 2 is 1.92 bits per heavy atom. The van der Waals surface area contributed by atoms with Gasteiger partial charge in [-0.15, -0.1) is 0 Å². The van der Waals surface area contributed by atoms with Gasteiger partial charge in [0.15, 0.2) is 0 Å². The number of anilines is 1. The number of hydrogen-bond donors (Lipinski definition) is 3. The molecule has 0 unspecified atom stereocenters. The lowest BCUT2D eigenvalue weighted by molar-refractivity contribution is -0.136. The van der Waals surface area contributed by atoms with Crippen molar-refractivity contribution in [2.24, 2.45) is 0 Å². The molecule has 0 radical (unpaired) electrons. The van der Waals surface area contributed by atoms with E-state index in [2.05, 4.69) is 24.4 Å². The van der Waals surface area contributed by atoms with E-state index in [4.69, 9.17) is 0 Å². The van der Waals surface area contributed by atoms with Gasteiger partial charge < -0.3 is 15.6 Å². The van der Waals surface area contributed by atoms with E-state index in [1.807, 2.05) is 30.5 Å². The van der Waals surface area contributed by atoms with Crippen LogP contribution in [-0.4, -0.2) is 32.1 Å². The summed E-state index contributed by atoms with van der Waals surface area (Å²) in [5.74, 6) is -1.39. The van der Waals surface area contributed by atoms with Crippen LogP contribution in [-0.2, 0) is 16.0 Å². The highest BCUT2D eigenvalue weighted by molar-refractivity contribution is 7.00. The Labute approximate surface area is 152 Å². The van der Waals surface area contributed by atoms with Gasteiger partial charge in [0.05, 0.1) is 17.4 Å². The van der Waals surface area contributed by atoms with Gasteiger partial charge in [-0.05, 0) is 30.2 Å². The number of amides is 2. The zero-order valence-electron chi connectivity index (χ0n) is 13.7. The average Bonchev–Trinajstić information content (AvgIpc) is 3.29. The number of aromatic amines is 1. The minimum Gasteiger partial charge on any atom is -0.361 e. The van der Waals surface area contributed by atoms with Crippen molar-refractivity contribution in [2.45, 2.75) is 6.42 Å². The maximum absolute atomic E-state index is 12.1. The molecule has 3 N–H and O–H groups in total. The Bertz CT molecular complexity index is 1100. The fraction of sp³-hybridized carbons (Fsp3) is 0.111. The van der Waals surface area contributed by atoms with E-state index in [9.17, 15) is 9.59 Å². The number of fused-ring (bicyclic) bond motifs is 2. The SMILES string of the molecule is O=C(NCCc1c[nH]c2ccccc12)C(=O)Nc1cccc2nsnc12. The molecular formula is C18H15N5O2S. The molecule has 2 heterocycles. The highest BCUT2D eigenvalue weighted by atomic mass is 32.1. The van der Waals surface area contributed by atoms with Crippen LogP contribution in [0.25, 0.3) is 21.9 Å². The lowest BCUT2D eigenvalue weighted by Gasteiger charge is -2.06. The summed E-state index contributed by atoms with van der Waals surface area (Å²) in [4.78, 5) is 27.4. The summed E-state index contributed by atoms with van der Waals surface area (Å²) in [7, 11) is 0. The lowest BCUT2D eigenvalue weighted by atomic mass is 10.1. The van der Waals surface area contributed by atoms with Crippen LogP contribution < -0.4 is 10.6 Å². The number of para-hydroxylation sites is 1. The van der Waals surface area contributed by atoms with Crippen LogP contribution >= 0.6 is 11.7 Å². The topological polar surface area (TPSA) is 99.8 Å². The summed E-state index contributed by atoms with van der Waals surface area (Å²) in [6.45, 7) is 0.372. The second kappa shape index (κ2) is 6.93. The minimum absolute atomic E-state index is 0.372. The Morgan fingerprint density at radius 1 is 1.04 bits per heavy atom. The highest BCUT2D eigenvalue weighted by Crippen LogP contribution is 2.21. The summed E-state index contributed by atoms with van der Waals surface area (Å²) in [5, 5.41) is 6.36. The number of nitrogens with zero attached hydrogens (tertiary/aromatic N) is 2. The molecule has 130 valence electrons. The van der Waals surface area contributed by atoms with E-state index in [-0.39, 0.29) is 0 Å². The van der Waals surface area contributed by atoms with Crippen molar-refractivity contribution >= 4 is 51.2 Å². The lowest BCUT2D eigenvalue weighted by Crippen LogP contribution is -2.36. The van der Waals surface area contributed by atoms with Gasteiger partial charge in [0, 0.05) is 23.6 Å². The zero-order chi connectivity index (χ0) is 17.9. The van der Waals surface area contributed by atoms with Crippen molar-refractivity contribution in [2.75, 3.05) is 11.9 Å². The van der Waals surface area contributed by atoms with Gasteiger partial charge in [-0.25, -0.2) is 0 Å². The number of H-pyrrole nitrogens is 1. The van der Waals surface area contributed by atoms with Crippen molar-refractivity contribution in [3.05, 3.63) is 54.2 Å². The molecule has 0 bridgehead atoms. The number of hydrogen-bond acceptors (Lipinski definition) is 5. The molecule has 4 aromatic rings. The Balaban J connectivity index is 1.36. The molecule has 0 saturated heterocycles. The first-order valence-electron chi connectivity index (χ1n) is 8.08. The van der Waals surface area contributed by atoms with Crippen LogP contribution in [0.15, 0.2) is 48.7 Å². The molecule has 0 saturated carbocycles. The van der Waals surface area contributed by atoms with Gasteiger partial charge in [0.1, 0.15) is 11.0 Å². The summed E-state index contributed by atoms with van der Waals surface area (Å²) < 4.78 is 8.25. The number of carbonyl (C=O) groups excluding carboxylic acids is 2. The third kappa shape index (κ3) is 3.14. The van der Waals surface area contributed by atoms with Crippen LogP contribution in [0, 0.1) is 0 Å². The van der Waals surface area contributed by atoms with E-state index in [1.165, 1.54) is 0 Å². The maximum atomic E-state index is 12.1. The Morgan fingerprint density at radius 3 is 2.85 bits per heavy atom. The number of nitrogens with one attached hydrogen (secondary N) is 3. The van der Waals surface area contributed by atoms with Crippen LogP contribution in [0.5, 0.6) is 0 Å². The molecule has 2 amide bonds. The van der Waals surface area contributed by atoms with Gasteiger partial charge in [-0.3, -0.25) is 9.59 Å². The van der Waals surface area contributed by atoms with Crippen molar-refractivity contribution in [1.29, 1.82) is 0 Å². The standard InChI is InChI=1S/C18H15N5O2S/c24-17(18(25)21-14-6-3-7-15-16(14)23-26-22-15)19-9-8-11-10-20-13-5-2-1-4-12(11)13/h1-7,10,20H,8-9H2,(H,19,24)(H,21,25). The third-order valence-electron chi connectivity index (χ3n) is 4.10. The Kier molecular flexibility index (Phi) is 4.32. The molecule has 8 heteroatoms. The second-order valence-corrected chi connectivity index (χ2v) is 6.29. The molecular weight excluding hydrogens is 350 g/mol. The van der Waals surface area contributed by atoms with Crippen molar-refractivity contribution in [3.8, 4) is 0 Å².